The molecule has 0 aliphatic heterocycles. The van der Waals surface area contributed by atoms with Gasteiger partial charge in [0.25, 0.3) is 0 Å². The smallest absolute Gasteiger partial charge is 0.0656 e. The van der Waals surface area contributed by atoms with Crippen LogP contribution in [0.5, 0.6) is 0 Å². The van der Waals surface area contributed by atoms with Crippen LogP contribution in [0.3, 0.4) is 0 Å². The molecule has 2 nitrogen and oxygen atoms in total. The Morgan fingerprint density at radius 2 is 2.00 bits per heavy atom. The molecule has 3 aliphatic rings. The van der Waals surface area contributed by atoms with Crippen molar-refractivity contribution in [3.05, 3.63) is 0 Å². The molecule has 0 aromatic heterocycles. The molecule has 3 aliphatic carbocycles. The minimum Gasteiger partial charge on any atom is -0.311 e. The molecule has 0 saturated heterocycles. The summed E-state index contributed by atoms with van der Waals surface area (Å²) in [7, 11) is 0. The molecule has 0 bridgehead atoms. The highest BCUT2D eigenvalue weighted by molar-refractivity contribution is 5.03. The summed E-state index contributed by atoms with van der Waals surface area (Å²) in [5.41, 5.74) is 0. The van der Waals surface area contributed by atoms with Crippen LogP contribution in [0.2, 0.25) is 0 Å². The maximum atomic E-state index is 8.83. The van der Waals surface area contributed by atoms with Gasteiger partial charge in [0.15, 0.2) is 0 Å². The fourth-order valence-corrected chi connectivity index (χ4v) is 3.46. The van der Waals surface area contributed by atoms with Gasteiger partial charge in [0.05, 0.1) is 6.07 Å². The number of fused-ring (bicyclic) bond motifs is 1. The summed E-state index contributed by atoms with van der Waals surface area (Å²) in [5, 5.41) is 12.6. The summed E-state index contributed by atoms with van der Waals surface area (Å²) in [6, 6.07) is 3.86. The average Bonchev–Trinajstić information content (AvgIpc) is 2.68. The van der Waals surface area contributed by atoms with Gasteiger partial charge in [0.2, 0.25) is 0 Å². The molecule has 14 heavy (non-hydrogen) atoms. The van der Waals surface area contributed by atoms with Crippen molar-refractivity contribution in [1.29, 1.82) is 5.26 Å². The van der Waals surface area contributed by atoms with Crippen molar-refractivity contribution in [2.75, 3.05) is 0 Å². The van der Waals surface area contributed by atoms with Crippen LogP contribution in [0.4, 0.5) is 0 Å². The number of rotatable bonds is 2. The van der Waals surface area contributed by atoms with Crippen LogP contribution in [-0.2, 0) is 0 Å². The van der Waals surface area contributed by atoms with Gasteiger partial charge in [0.1, 0.15) is 0 Å². The Hall–Kier alpha value is -0.550. The molecule has 0 aromatic carbocycles. The third-order valence-electron chi connectivity index (χ3n) is 4.41. The Balaban J connectivity index is 1.51. The lowest BCUT2D eigenvalue weighted by Gasteiger charge is -2.19. The first-order valence-corrected chi connectivity index (χ1v) is 6.02. The van der Waals surface area contributed by atoms with Gasteiger partial charge in [-0.15, -0.1) is 0 Å². The van der Waals surface area contributed by atoms with Gasteiger partial charge in [-0.2, -0.15) is 5.26 Å². The van der Waals surface area contributed by atoms with Crippen LogP contribution >= 0.6 is 0 Å². The zero-order chi connectivity index (χ0) is 9.54. The largest absolute Gasteiger partial charge is 0.311 e. The molecule has 0 aromatic rings. The molecule has 0 spiro atoms. The van der Waals surface area contributed by atoms with Gasteiger partial charge in [0, 0.05) is 18.0 Å². The molecule has 2 heteroatoms. The number of hydrogen-bond acceptors (Lipinski definition) is 2. The Morgan fingerprint density at radius 1 is 1.07 bits per heavy atom. The summed E-state index contributed by atoms with van der Waals surface area (Å²) in [4.78, 5) is 0. The lowest BCUT2D eigenvalue weighted by Crippen LogP contribution is -2.37. The fraction of sp³-hybridized carbons (Fsp3) is 0.917. The van der Waals surface area contributed by atoms with Gasteiger partial charge >= 0.3 is 0 Å². The van der Waals surface area contributed by atoms with Crippen molar-refractivity contribution in [1.82, 2.24) is 5.32 Å². The van der Waals surface area contributed by atoms with Crippen molar-refractivity contribution in [2.45, 2.75) is 50.6 Å². The zero-order valence-corrected chi connectivity index (χ0v) is 8.58. The number of nitrogens with one attached hydrogen (secondary N) is 1. The van der Waals surface area contributed by atoms with E-state index in [9.17, 15) is 0 Å². The Bertz CT molecular complexity index is 268. The van der Waals surface area contributed by atoms with E-state index in [1.165, 1.54) is 25.7 Å². The van der Waals surface area contributed by atoms with Gasteiger partial charge in [-0.1, -0.05) is 0 Å². The highest BCUT2D eigenvalue weighted by Gasteiger charge is 2.48. The second-order valence-electron chi connectivity index (χ2n) is 5.35. The second kappa shape index (κ2) is 3.24. The van der Waals surface area contributed by atoms with E-state index < -0.39 is 0 Å². The van der Waals surface area contributed by atoms with E-state index in [1.54, 1.807) is 0 Å². The van der Waals surface area contributed by atoms with Gasteiger partial charge < -0.3 is 5.32 Å². The van der Waals surface area contributed by atoms with Gasteiger partial charge in [-0.3, -0.25) is 0 Å². The molecule has 5 atom stereocenters. The highest BCUT2D eigenvalue weighted by Crippen LogP contribution is 2.52. The molecule has 0 amide bonds. The van der Waals surface area contributed by atoms with Crippen molar-refractivity contribution in [2.24, 2.45) is 17.8 Å². The fourth-order valence-electron chi connectivity index (χ4n) is 3.46. The first kappa shape index (κ1) is 8.73. The second-order valence-corrected chi connectivity index (χ2v) is 5.35. The number of hydrogen-bond donors (Lipinski definition) is 1. The van der Waals surface area contributed by atoms with E-state index in [0.29, 0.717) is 12.0 Å². The third-order valence-corrected chi connectivity index (χ3v) is 4.41. The van der Waals surface area contributed by atoms with Crippen molar-refractivity contribution < 1.29 is 0 Å². The van der Waals surface area contributed by atoms with Gasteiger partial charge in [-0.25, -0.2) is 0 Å². The molecule has 3 fully saturated rings. The maximum absolute atomic E-state index is 8.83. The lowest BCUT2D eigenvalue weighted by atomic mass is 10.1. The first-order chi connectivity index (χ1) is 6.86. The Labute approximate surface area is 85.7 Å². The zero-order valence-electron chi connectivity index (χ0n) is 8.58. The minimum atomic E-state index is 0.337. The summed E-state index contributed by atoms with van der Waals surface area (Å²) in [6.45, 7) is 0. The van der Waals surface area contributed by atoms with Crippen LogP contribution in [0.1, 0.15) is 38.5 Å². The average molecular weight is 190 g/mol. The van der Waals surface area contributed by atoms with Gasteiger partial charge in [-0.05, 0) is 50.4 Å². The van der Waals surface area contributed by atoms with Crippen LogP contribution in [-0.4, -0.2) is 12.1 Å². The number of nitriles is 1. The van der Waals surface area contributed by atoms with Crippen LogP contribution in [0.15, 0.2) is 0 Å². The van der Waals surface area contributed by atoms with E-state index in [-0.39, 0.29) is 0 Å². The summed E-state index contributed by atoms with van der Waals surface area (Å²) < 4.78 is 0. The van der Waals surface area contributed by atoms with E-state index in [4.69, 9.17) is 5.26 Å². The van der Waals surface area contributed by atoms with Crippen LogP contribution in [0, 0.1) is 29.1 Å². The third kappa shape index (κ3) is 1.44. The van der Waals surface area contributed by atoms with E-state index in [2.05, 4.69) is 11.4 Å². The molecule has 0 heterocycles. The Kier molecular flexibility index (Phi) is 2.02. The van der Waals surface area contributed by atoms with E-state index in [1.807, 2.05) is 0 Å². The van der Waals surface area contributed by atoms with Crippen LogP contribution in [0.25, 0.3) is 0 Å². The molecular weight excluding hydrogens is 172 g/mol. The van der Waals surface area contributed by atoms with Crippen molar-refractivity contribution in [3.8, 4) is 6.07 Å². The predicted octanol–water partition coefficient (Wildman–Crippen LogP) is 2.07. The van der Waals surface area contributed by atoms with Crippen molar-refractivity contribution >= 4 is 0 Å². The summed E-state index contributed by atoms with van der Waals surface area (Å²) in [6.07, 6.45) is 7.78. The maximum Gasteiger partial charge on any atom is 0.0656 e. The molecule has 5 unspecified atom stereocenters. The highest BCUT2D eigenvalue weighted by atomic mass is 15.0. The molecule has 0 radical (unpaired) electrons. The van der Waals surface area contributed by atoms with E-state index >= 15 is 0 Å². The SMILES string of the molecule is N#CC1CCC(NC2CCC3CC32)C1. The molecule has 76 valence electrons. The Morgan fingerprint density at radius 3 is 2.57 bits per heavy atom. The standard InChI is InChI=1S/C12H18N2/c13-7-8-1-3-10(5-8)14-12-4-2-9-6-11(9)12/h8-12,14H,1-6H2. The van der Waals surface area contributed by atoms with Crippen molar-refractivity contribution in [3.63, 3.8) is 0 Å². The topological polar surface area (TPSA) is 35.8 Å². The summed E-state index contributed by atoms with van der Waals surface area (Å²) in [5.74, 6) is 2.42. The summed E-state index contributed by atoms with van der Waals surface area (Å²) >= 11 is 0. The number of nitrogens with zero attached hydrogens (tertiary/aromatic N) is 1. The predicted molar refractivity (Wildman–Crippen MR) is 54.5 cm³/mol. The minimum absolute atomic E-state index is 0.337. The van der Waals surface area contributed by atoms with E-state index in [0.717, 1.165) is 30.7 Å². The molecule has 3 rings (SSSR count). The molecule has 1 N–H and O–H groups in total. The molecular formula is C12H18N2. The molecule has 3 saturated carbocycles. The monoisotopic (exact) mass is 190 g/mol. The lowest BCUT2D eigenvalue weighted by molar-refractivity contribution is 0.401. The normalized spacial score (nSPS) is 50.1. The quantitative estimate of drug-likeness (QED) is 0.723. The first-order valence-electron chi connectivity index (χ1n) is 6.02. The van der Waals surface area contributed by atoms with Crippen LogP contribution < -0.4 is 5.32 Å².